The van der Waals surface area contributed by atoms with E-state index in [1.807, 2.05) is 61.7 Å². The second-order valence-corrected chi connectivity index (χ2v) is 6.25. The standard InChI is InChI=1S/C22H23N3O3/c1-16-4-10-21(28-3)17(14-16)5-11-22(26)23-15-18-12-13-25(24-18)19-6-8-20(27-2)9-7-19/h4-14H,15H2,1-3H3,(H,23,26)/b11-5+. The molecule has 1 heterocycles. The molecular formula is C22H23N3O3. The maximum Gasteiger partial charge on any atom is 0.244 e. The Morgan fingerprint density at radius 1 is 1.11 bits per heavy atom. The molecule has 0 aliphatic heterocycles. The molecule has 0 aliphatic carbocycles. The fourth-order valence-electron chi connectivity index (χ4n) is 2.72. The molecule has 144 valence electrons. The largest absolute Gasteiger partial charge is 0.497 e. The van der Waals surface area contributed by atoms with Gasteiger partial charge in [0.1, 0.15) is 11.5 Å². The van der Waals surface area contributed by atoms with Crippen LogP contribution in [0.5, 0.6) is 11.5 Å². The summed E-state index contributed by atoms with van der Waals surface area (Å²) in [7, 11) is 3.24. The zero-order valence-corrected chi connectivity index (χ0v) is 16.2. The molecule has 0 aliphatic rings. The van der Waals surface area contributed by atoms with E-state index in [0.29, 0.717) is 6.54 Å². The van der Waals surface area contributed by atoms with Crippen molar-refractivity contribution in [3.8, 4) is 17.2 Å². The lowest BCUT2D eigenvalue weighted by atomic mass is 10.1. The van der Waals surface area contributed by atoms with Crippen LogP contribution < -0.4 is 14.8 Å². The molecule has 2 aromatic carbocycles. The van der Waals surface area contributed by atoms with Crippen LogP contribution in [0.25, 0.3) is 11.8 Å². The van der Waals surface area contributed by atoms with E-state index in [1.165, 1.54) is 6.08 Å². The van der Waals surface area contributed by atoms with Crippen LogP contribution in [-0.4, -0.2) is 29.9 Å². The third kappa shape index (κ3) is 4.79. The third-order valence-corrected chi connectivity index (χ3v) is 4.22. The number of rotatable bonds is 7. The van der Waals surface area contributed by atoms with E-state index >= 15 is 0 Å². The average Bonchev–Trinajstić information content (AvgIpc) is 3.20. The average molecular weight is 377 g/mol. The maximum absolute atomic E-state index is 12.1. The molecule has 0 bridgehead atoms. The van der Waals surface area contributed by atoms with Crippen molar-refractivity contribution in [1.82, 2.24) is 15.1 Å². The minimum Gasteiger partial charge on any atom is -0.497 e. The van der Waals surface area contributed by atoms with Gasteiger partial charge in [-0.3, -0.25) is 4.79 Å². The highest BCUT2D eigenvalue weighted by atomic mass is 16.5. The molecule has 3 rings (SSSR count). The van der Waals surface area contributed by atoms with Crippen molar-refractivity contribution in [2.45, 2.75) is 13.5 Å². The van der Waals surface area contributed by atoms with Gasteiger partial charge in [0, 0.05) is 17.8 Å². The van der Waals surface area contributed by atoms with E-state index in [2.05, 4.69) is 10.4 Å². The van der Waals surface area contributed by atoms with Crippen LogP contribution in [0.1, 0.15) is 16.8 Å². The zero-order chi connectivity index (χ0) is 19.9. The highest BCUT2D eigenvalue weighted by Gasteiger charge is 2.04. The minimum absolute atomic E-state index is 0.192. The number of nitrogens with one attached hydrogen (secondary N) is 1. The predicted octanol–water partition coefficient (Wildman–Crippen LogP) is 3.53. The van der Waals surface area contributed by atoms with Gasteiger partial charge in [0.2, 0.25) is 5.91 Å². The monoisotopic (exact) mass is 377 g/mol. The van der Waals surface area contributed by atoms with Crippen molar-refractivity contribution in [2.24, 2.45) is 0 Å². The second-order valence-electron chi connectivity index (χ2n) is 6.25. The number of nitrogens with zero attached hydrogens (tertiary/aromatic N) is 2. The van der Waals surface area contributed by atoms with Gasteiger partial charge >= 0.3 is 0 Å². The molecular weight excluding hydrogens is 354 g/mol. The molecule has 0 spiro atoms. The van der Waals surface area contributed by atoms with Gasteiger partial charge in [-0.2, -0.15) is 5.10 Å². The molecule has 0 saturated heterocycles. The number of aromatic nitrogens is 2. The second kappa shape index (κ2) is 8.90. The topological polar surface area (TPSA) is 65.4 Å². The molecule has 0 saturated carbocycles. The van der Waals surface area contributed by atoms with E-state index in [9.17, 15) is 4.79 Å². The number of benzene rings is 2. The van der Waals surface area contributed by atoms with E-state index < -0.39 is 0 Å². The summed E-state index contributed by atoms with van der Waals surface area (Å²) in [5.41, 5.74) is 3.65. The summed E-state index contributed by atoms with van der Waals surface area (Å²) in [6, 6.07) is 15.3. The summed E-state index contributed by atoms with van der Waals surface area (Å²) in [5.74, 6) is 1.33. The van der Waals surface area contributed by atoms with Crippen LogP contribution in [-0.2, 0) is 11.3 Å². The number of carbonyl (C=O) groups is 1. The normalized spacial score (nSPS) is 10.8. The SMILES string of the molecule is COc1ccc(-n2ccc(CNC(=O)/C=C/c3cc(C)ccc3OC)n2)cc1. The Morgan fingerprint density at radius 2 is 1.89 bits per heavy atom. The number of ether oxygens (including phenoxy) is 2. The Bertz CT molecular complexity index is 975. The summed E-state index contributed by atoms with van der Waals surface area (Å²) < 4.78 is 12.2. The highest BCUT2D eigenvalue weighted by Crippen LogP contribution is 2.21. The van der Waals surface area contributed by atoms with Crippen molar-refractivity contribution < 1.29 is 14.3 Å². The van der Waals surface area contributed by atoms with Gasteiger partial charge < -0.3 is 14.8 Å². The zero-order valence-electron chi connectivity index (χ0n) is 16.2. The van der Waals surface area contributed by atoms with Crippen molar-refractivity contribution in [1.29, 1.82) is 0 Å². The van der Waals surface area contributed by atoms with Gasteiger partial charge in [0.15, 0.2) is 0 Å². The van der Waals surface area contributed by atoms with Gasteiger partial charge in [-0.05, 0) is 55.5 Å². The van der Waals surface area contributed by atoms with Crippen LogP contribution in [0.2, 0.25) is 0 Å². The number of hydrogen-bond donors (Lipinski definition) is 1. The van der Waals surface area contributed by atoms with Crippen molar-refractivity contribution >= 4 is 12.0 Å². The van der Waals surface area contributed by atoms with Crippen LogP contribution >= 0.6 is 0 Å². The number of hydrogen-bond acceptors (Lipinski definition) is 4. The van der Waals surface area contributed by atoms with Crippen molar-refractivity contribution in [3.05, 3.63) is 77.6 Å². The van der Waals surface area contributed by atoms with Gasteiger partial charge in [0.05, 0.1) is 32.1 Å². The fraction of sp³-hybridized carbons (Fsp3) is 0.182. The lowest BCUT2D eigenvalue weighted by molar-refractivity contribution is -0.116. The summed E-state index contributed by atoms with van der Waals surface area (Å²) in [6.45, 7) is 2.34. The fourth-order valence-corrected chi connectivity index (χ4v) is 2.72. The summed E-state index contributed by atoms with van der Waals surface area (Å²) in [6.07, 6.45) is 5.10. The van der Waals surface area contributed by atoms with Crippen molar-refractivity contribution in [2.75, 3.05) is 14.2 Å². The van der Waals surface area contributed by atoms with E-state index in [-0.39, 0.29) is 5.91 Å². The molecule has 1 amide bonds. The first kappa shape index (κ1) is 19.2. The lowest BCUT2D eigenvalue weighted by Gasteiger charge is -2.05. The first-order valence-electron chi connectivity index (χ1n) is 8.88. The molecule has 0 unspecified atom stereocenters. The molecule has 0 fully saturated rings. The molecule has 3 aromatic rings. The van der Waals surface area contributed by atoms with Gasteiger partial charge in [-0.1, -0.05) is 11.6 Å². The quantitative estimate of drug-likeness (QED) is 0.640. The summed E-state index contributed by atoms with van der Waals surface area (Å²) >= 11 is 0. The number of methoxy groups -OCH3 is 2. The van der Waals surface area contributed by atoms with Crippen molar-refractivity contribution in [3.63, 3.8) is 0 Å². The van der Waals surface area contributed by atoms with Gasteiger partial charge in [0.25, 0.3) is 0 Å². The lowest BCUT2D eigenvalue weighted by Crippen LogP contribution is -2.20. The van der Waals surface area contributed by atoms with Crippen LogP contribution in [0, 0.1) is 6.92 Å². The Morgan fingerprint density at radius 3 is 2.61 bits per heavy atom. The third-order valence-electron chi connectivity index (χ3n) is 4.22. The van der Waals surface area contributed by atoms with E-state index in [1.54, 1.807) is 25.0 Å². The molecule has 1 aromatic heterocycles. The number of aryl methyl sites for hydroxylation is 1. The van der Waals surface area contributed by atoms with Gasteiger partial charge in [-0.15, -0.1) is 0 Å². The molecule has 6 nitrogen and oxygen atoms in total. The van der Waals surface area contributed by atoms with Gasteiger partial charge in [-0.25, -0.2) is 4.68 Å². The molecule has 1 N–H and O–H groups in total. The Kier molecular flexibility index (Phi) is 6.11. The Hall–Kier alpha value is -3.54. The number of amides is 1. The first-order valence-corrected chi connectivity index (χ1v) is 8.88. The maximum atomic E-state index is 12.1. The molecule has 0 radical (unpaired) electrons. The smallest absolute Gasteiger partial charge is 0.244 e. The van der Waals surface area contributed by atoms with Crippen LogP contribution in [0.15, 0.2) is 60.8 Å². The number of carbonyl (C=O) groups excluding carboxylic acids is 1. The van der Waals surface area contributed by atoms with Crippen LogP contribution in [0.3, 0.4) is 0 Å². The highest BCUT2D eigenvalue weighted by molar-refractivity contribution is 5.92. The molecule has 6 heteroatoms. The Labute approximate surface area is 164 Å². The van der Waals surface area contributed by atoms with Crippen LogP contribution in [0.4, 0.5) is 0 Å². The summed E-state index contributed by atoms with van der Waals surface area (Å²) in [4.78, 5) is 12.1. The van der Waals surface area contributed by atoms with E-state index in [4.69, 9.17) is 9.47 Å². The molecule has 0 atom stereocenters. The van der Waals surface area contributed by atoms with E-state index in [0.717, 1.165) is 34.0 Å². The summed E-state index contributed by atoms with van der Waals surface area (Å²) in [5, 5.41) is 7.32. The molecule has 28 heavy (non-hydrogen) atoms. The predicted molar refractivity (Wildman–Crippen MR) is 109 cm³/mol. The first-order chi connectivity index (χ1) is 13.6. The Balaban J connectivity index is 1.59. The minimum atomic E-state index is -0.192.